The summed E-state index contributed by atoms with van der Waals surface area (Å²) in [7, 11) is -2.56. The Morgan fingerprint density at radius 3 is 2.63 bits per heavy atom. The fraction of sp³-hybridized carbons (Fsp3) is 0.438. The second kappa shape index (κ2) is 12.1. The monoisotopic (exact) mass is 686 g/mol. The van der Waals surface area contributed by atoms with E-state index >= 15 is 4.39 Å². The van der Waals surface area contributed by atoms with Gasteiger partial charge in [0, 0.05) is 77.8 Å². The Morgan fingerprint density at radius 1 is 1.15 bits per heavy atom. The van der Waals surface area contributed by atoms with E-state index in [-0.39, 0.29) is 17.4 Å². The van der Waals surface area contributed by atoms with Crippen molar-refractivity contribution in [2.24, 2.45) is 5.41 Å². The van der Waals surface area contributed by atoms with E-state index in [0.29, 0.717) is 80.4 Å². The molecular weight excluding hydrogens is 654 g/mol. The first-order valence-corrected chi connectivity index (χ1v) is 17.9. The summed E-state index contributed by atoms with van der Waals surface area (Å²) < 4.78 is 50.2. The molecule has 4 aromatic rings. The third-order valence-corrected chi connectivity index (χ3v) is 11.7. The number of nitrogens with zero attached hydrogens (tertiary/aromatic N) is 6. The molecule has 2 atom stereocenters. The molecule has 1 spiro atoms. The second-order valence-electron chi connectivity index (χ2n) is 12.5. The number of hydrogen-bond acceptors (Lipinski definition) is 9. The van der Waals surface area contributed by atoms with Crippen molar-refractivity contribution in [3.05, 3.63) is 63.8 Å². The molecule has 0 saturated carbocycles. The molecule has 3 saturated heterocycles. The van der Waals surface area contributed by atoms with Crippen molar-refractivity contribution in [3.63, 3.8) is 0 Å². The van der Waals surface area contributed by atoms with Crippen molar-refractivity contribution < 1.29 is 23.0 Å². The Labute approximate surface area is 277 Å². The van der Waals surface area contributed by atoms with Crippen LogP contribution in [0.4, 0.5) is 10.2 Å². The van der Waals surface area contributed by atoms with Gasteiger partial charge in [0.15, 0.2) is 17.8 Å². The molecule has 14 heteroatoms. The van der Waals surface area contributed by atoms with Crippen LogP contribution in [0, 0.1) is 22.6 Å². The molecule has 3 aromatic heterocycles. The predicted molar refractivity (Wildman–Crippen MR) is 176 cm³/mol. The van der Waals surface area contributed by atoms with Crippen molar-refractivity contribution in [1.29, 1.82) is 5.26 Å². The van der Waals surface area contributed by atoms with Gasteiger partial charge in [-0.15, -0.1) is 0 Å². The van der Waals surface area contributed by atoms with Crippen LogP contribution in [0.5, 0.6) is 5.75 Å². The number of rotatable bonds is 6. The van der Waals surface area contributed by atoms with Crippen LogP contribution in [-0.2, 0) is 4.74 Å². The molecule has 10 nitrogen and oxygen atoms in total. The Balaban J connectivity index is 1.25. The highest BCUT2D eigenvalue weighted by Crippen LogP contribution is 2.55. The average Bonchev–Trinajstić information content (AvgIpc) is 3.37. The summed E-state index contributed by atoms with van der Waals surface area (Å²) in [4.78, 5) is 10.7. The summed E-state index contributed by atoms with van der Waals surface area (Å²) in [6.45, 7) is 3.54. The standard InChI is InChI=1S/C32H33Cl2FN6O4S/c1-19(29-23(33)14-37-15-24(29)34)45-27-10-22-26(11-25(27)35)41(28-5-2-3-7-44-28)39-30(22)21-9-20(12-36)31(38-13-21)40-16-32(17-40)6-4-8-46(42,43)18-32/h9-11,13-15,19,28,42-43H,2-8,16-18H2,1H3/t19-,28?/m1/s1. The first-order valence-electron chi connectivity index (χ1n) is 15.2. The molecule has 0 aliphatic carbocycles. The summed E-state index contributed by atoms with van der Waals surface area (Å²) in [5.41, 5.74) is 2.34. The summed E-state index contributed by atoms with van der Waals surface area (Å²) in [5.74, 6) is 0.805. The topological polar surface area (TPSA) is 130 Å². The number of aromatic nitrogens is 4. The zero-order chi connectivity index (χ0) is 32.2. The van der Waals surface area contributed by atoms with Crippen LogP contribution >= 0.6 is 33.8 Å². The van der Waals surface area contributed by atoms with Crippen molar-refractivity contribution in [2.45, 2.75) is 51.4 Å². The minimum Gasteiger partial charge on any atom is -0.483 e. The van der Waals surface area contributed by atoms with Crippen LogP contribution in [0.25, 0.3) is 22.2 Å². The van der Waals surface area contributed by atoms with Crippen LogP contribution in [0.15, 0.2) is 36.8 Å². The lowest BCUT2D eigenvalue weighted by Crippen LogP contribution is -2.60. The molecule has 7 rings (SSSR count). The minimum absolute atomic E-state index is 0.0104. The molecule has 1 unspecified atom stereocenters. The number of benzene rings is 1. The lowest BCUT2D eigenvalue weighted by atomic mass is 9.77. The van der Waals surface area contributed by atoms with Crippen molar-refractivity contribution in [2.75, 3.05) is 36.1 Å². The zero-order valence-electron chi connectivity index (χ0n) is 25.1. The number of pyridine rings is 2. The molecule has 0 bridgehead atoms. The van der Waals surface area contributed by atoms with E-state index in [1.807, 2.05) is 4.90 Å². The van der Waals surface area contributed by atoms with Crippen molar-refractivity contribution in [1.82, 2.24) is 19.7 Å². The van der Waals surface area contributed by atoms with Gasteiger partial charge >= 0.3 is 0 Å². The van der Waals surface area contributed by atoms with Gasteiger partial charge in [0.05, 0.1) is 21.1 Å². The van der Waals surface area contributed by atoms with Crippen molar-refractivity contribution >= 4 is 50.5 Å². The third-order valence-electron chi connectivity index (χ3n) is 9.12. The van der Waals surface area contributed by atoms with Gasteiger partial charge in [-0.3, -0.25) is 14.1 Å². The molecule has 2 N–H and O–H groups in total. The van der Waals surface area contributed by atoms with E-state index in [2.05, 4.69) is 11.1 Å². The highest BCUT2D eigenvalue weighted by atomic mass is 35.5. The van der Waals surface area contributed by atoms with Crippen LogP contribution in [-0.4, -0.2) is 60.1 Å². The maximum Gasteiger partial charge on any atom is 0.167 e. The quantitative estimate of drug-likeness (QED) is 0.207. The van der Waals surface area contributed by atoms with E-state index in [4.69, 9.17) is 42.8 Å². The fourth-order valence-corrected chi connectivity index (χ4v) is 9.76. The molecule has 242 valence electrons. The predicted octanol–water partition coefficient (Wildman–Crippen LogP) is 8.00. The number of fused-ring (bicyclic) bond motifs is 1. The number of anilines is 1. The molecule has 3 aliphatic rings. The summed E-state index contributed by atoms with van der Waals surface area (Å²) >= 11 is 12.7. The molecular formula is C32H33Cl2FN6O4S. The van der Waals surface area contributed by atoms with Gasteiger partial charge in [-0.1, -0.05) is 23.2 Å². The van der Waals surface area contributed by atoms with Crippen LogP contribution in [0.3, 0.4) is 0 Å². The highest BCUT2D eigenvalue weighted by molar-refractivity contribution is 8.24. The van der Waals surface area contributed by atoms with Gasteiger partial charge in [-0.05, 0) is 51.2 Å². The molecule has 0 amide bonds. The first kappa shape index (κ1) is 31.4. The summed E-state index contributed by atoms with van der Waals surface area (Å²) in [6, 6.07) is 7.03. The average molecular weight is 688 g/mol. The van der Waals surface area contributed by atoms with Gasteiger partial charge in [-0.2, -0.15) is 21.0 Å². The molecule has 3 aliphatic heterocycles. The lowest BCUT2D eigenvalue weighted by Gasteiger charge is -2.57. The Kier molecular flexibility index (Phi) is 8.28. The Hall–Kier alpha value is -3.18. The Bertz CT molecular complexity index is 1830. The van der Waals surface area contributed by atoms with Gasteiger partial charge < -0.3 is 14.4 Å². The summed E-state index contributed by atoms with van der Waals surface area (Å²) in [5, 5.41) is 16.3. The van der Waals surface area contributed by atoms with E-state index in [1.54, 1.807) is 29.9 Å². The normalized spacial score (nSPS) is 21.8. The van der Waals surface area contributed by atoms with Crippen LogP contribution < -0.4 is 9.64 Å². The number of hydrogen-bond donors (Lipinski definition) is 2. The molecule has 6 heterocycles. The van der Waals surface area contributed by atoms with Gasteiger partial charge in [0.25, 0.3) is 0 Å². The zero-order valence-corrected chi connectivity index (χ0v) is 27.5. The molecule has 1 aromatic carbocycles. The fourth-order valence-electron chi connectivity index (χ4n) is 7.03. The number of ether oxygens (including phenoxy) is 2. The van der Waals surface area contributed by atoms with E-state index < -0.39 is 22.5 Å². The van der Waals surface area contributed by atoms with Crippen molar-refractivity contribution in [3.8, 4) is 23.1 Å². The van der Waals surface area contributed by atoms with Crippen LogP contribution in [0.1, 0.15) is 62.5 Å². The maximum atomic E-state index is 15.7. The maximum absolute atomic E-state index is 15.7. The first-order chi connectivity index (χ1) is 22.1. The second-order valence-corrected chi connectivity index (χ2v) is 15.6. The van der Waals surface area contributed by atoms with Gasteiger partial charge in [0.1, 0.15) is 23.7 Å². The van der Waals surface area contributed by atoms with Gasteiger partial charge in [-0.25, -0.2) is 14.1 Å². The SMILES string of the molecule is C[C@@H](Oc1cc2c(-c3cnc(N4CC5(CCCS(O)(O)C5)C4)c(C#N)c3)nn(C3CCCCO3)c2cc1F)c1c(Cl)cncc1Cl. The van der Waals surface area contributed by atoms with E-state index in [9.17, 15) is 14.4 Å². The third kappa shape index (κ3) is 5.78. The number of halogens is 3. The highest BCUT2D eigenvalue weighted by Gasteiger charge is 2.48. The van der Waals surface area contributed by atoms with Gasteiger partial charge in [0.2, 0.25) is 0 Å². The Morgan fingerprint density at radius 2 is 1.93 bits per heavy atom. The minimum atomic E-state index is -2.56. The molecule has 46 heavy (non-hydrogen) atoms. The molecule has 3 fully saturated rings. The number of nitriles is 1. The van der Waals surface area contributed by atoms with E-state index in [1.165, 1.54) is 18.5 Å². The smallest absolute Gasteiger partial charge is 0.167 e. The largest absolute Gasteiger partial charge is 0.483 e. The van der Waals surface area contributed by atoms with E-state index in [0.717, 1.165) is 32.1 Å². The van der Waals surface area contributed by atoms with Crippen LogP contribution in [0.2, 0.25) is 10.0 Å². The lowest BCUT2D eigenvalue weighted by molar-refractivity contribution is -0.0365. The molecule has 0 radical (unpaired) electrons. The summed E-state index contributed by atoms with van der Waals surface area (Å²) in [6.07, 6.45) is 7.87.